The van der Waals surface area contributed by atoms with Crippen LogP contribution in [0.3, 0.4) is 0 Å². The van der Waals surface area contributed by atoms with Crippen LogP contribution in [0.1, 0.15) is 23.7 Å². The molecule has 1 fully saturated rings. The van der Waals surface area contributed by atoms with Crippen LogP contribution in [0.15, 0.2) is 18.2 Å². The van der Waals surface area contributed by atoms with E-state index in [4.69, 9.17) is 15.6 Å². The second kappa shape index (κ2) is 4.25. The molecule has 17 heavy (non-hydrogen) atoms. The summed E-state index contributed by atoms with van der Waals surface area (Å²) in [4.78, 5) is 11.1. The number of nitrogens with one attached hydrogen (secondary N) is 1. The zero-order valence-corrected chi connectivity index (χ0v) is 9.69. The first-order valence-electron chi connectivity index (χ1n) is 5.49. The highest BCUT2D eigenvalue weighted by Crippen LogP contribution is 2.27. The molecule has 1 atom stereocenters. The maximum absolute atomic E-state index is 11.1. The molecule has 2 rings (SSSR count). The first-order valence-corrected chi connectivity index (χ1v) is 5.49. The van der Waals surface area contributed by atoms with Crippen LogP contribution in [0.4, 0.5) is 11.4 Å². The third-order valence-corrected chi connectivity index (χ3v) is 2.93. The van der Waals surface area contributed by atoms with Crippen molar-refractivity contribution < 1.29 is 14.6 Å². The van der Waals surface area contributed by atoms with Gasteiger partial charge in [0.05, 0.1) is 17.7 Å². The normalized spacial score (nSPS) is 23.6. The van der Waals surface area contributed by atoms with E-state index < -0.39 is 5.97 Å². The summed E-state index contributed by atoms with van der Waals surface area (Å²) < 4.78 is 5.32. The van der Waals surface area contributed by atoms with Crippen molar-refractivity contribution >= 4 is 17.3 Å². The zero-order chi connectivity index (χ0) is 12.5. The lowest BCUT2D eigenvalue weighted by Gasteiger charge is -2.26. The van der Waals surface area contributed by atoms with Crippen LogP contribution in [0.5, 0.6) is 0 Å². The molecule has 1 saturated heterocycles. The molecule has 5 nitrogen and oxygen atoms in total. The lowest BCUT2D eigenvalue weighted by Crippen LogP contribution is -2.35. The first kappa shape index (κ1) is 11.7. The van der Waals surface area contributed by atoms with Gasteiger partial charge in [-0.1, -0.05) is 0 Å². The molecule has 4 N–H and O–H groups in total. The molecule has 0 bridgehead atoms. The summed E-state index contributed by atoms with van der Waals surface area (Å²) in [5, 5.41) is 12.4. The van der Waals surface area contributed by atoms with Crippen molar-refractivity contribution in [3.63, 3.8) is 0 Å². The highest BCUT2D eigenvalue weighted by Gasteiger charge is 2.30. The van der Waals surface area contributed by atoms with E-state index in [2.05, 4.69) is 5.32 Å². The van der Waals surface area contributed by atoms with Gasteiger partial charge in [-0.25, -0.2) is 4.79 Å². The summed E-state index contributed by atoms with van der Waals surface area (Å²) in [7, 11) is 0. The molecule has 0 aliphatic carbocycles. The van der Waals surface area contributed by atoms with Crippen molar-refractivity contribution in [1.29, 1.82) is 0 Å². The summed E-state index contributed by atoms with van der Waals surface area (Å²) in [6.45, 7) is 3.29. The number of aromatic carboxylic acids is 1. The number of hydrogen-bond donors (Lipinski definition) is 3. The molecule has 0 spiro atoms. The Morgan fingerprint density at radius 1 is 1.59 bits per heavy atom. The van der Waals surface area contributed by atoms with Crippen LogP contribution >= 0.6 is 0 Å². The second-order valence-electron chi connectivity index (χ2n) is 4.60. The number of rotatable bonds is 3. The van der Waals surface area contributed by atoms with E-state index in [1.807, 2.05) is 6.92 Å². The van der Waals surface area contributed by atoms with E-state index in [1.165, 1.54) is 6.07 Å². The van der Waals surface area contributed by atoms with Crippen LogP contribution in [0.2, 0.25) is 0 Å². The zero-order valence-electron chi connectivity index (χ0n) is 9.69. The molecule has 1 heterocycles. The molecular weight excluding hydrogens is 220 g/mol. The number of anilines is 2. The minimum atomic E-state index is -0.984. The number of benzene rings is 1. The highest BCUT2D eigenvalue weighted by molar-refractivity contribution is 5.95. The number of nitrogens with two attached hydrogens (primary N) is 1. The van der Waals surface area contributed by atoms with Gasteiger partial charge in [0.2, 0.25) is 0 Å². The van der Waals surface area contributed by atoms with Crippen molar-refractivity contribution in [2.45, 2.75) is 18.9 Å². The van der Waals surface area contributed by atoms with Crippen molar-refractivity contribution in [2.75, 3.05) is 24.3 Å². The molecule has 92 valence electrons. The largest absolute Gasteiger partial charge is 0.478 e. The maximum Gasteiger partial charge on any atom is 0.337 e. The van der Waals surface area contributed by atoms with E-state index in [9.17, 15) is 4.79 Å². The summed E-state index contributed by atoms with van der Waals surface area (Å²) in [6, 6.07) is 4.85. The molecule has 0 amide bonds. The predicted molar refractivity (Wildman–Crippen MR) is 65.3 cm³/mol. The summed E-state index contributed by atoms with van der Waals surface area (Å²) in [5.41, 5.74) is 6.60. The van der Waals surface area contributed by atoms with Gasteiger partial charge < -0.3 is 20.9 Å². The highest BCUT2D eigenvalue weighted by atomic mass is 16.5. The van der Waals surface area contributed by atoms with Crippen LogP contribution in [-0.2, 0) is 4.74 Å². The minimum absolute atomic E-state index is 0.193. The summed E-state index contributed by atoms with van der Waals surface area (Å²) in [5.74, 6) is -0.984. The van der Waals surface area contributed by atoms with Crippen LogP contribution in [0.25, 0.3) is 0 Å². The van der Waals surface area contributed by atoms with Gasteiger partial charge in [0.15, 0.2) is 0 Å². The molecule has 1 aromatic rings. The number of carbonyl (C=O) groups is 1. The van der Waals surface area contributed by atoms with Crippen molar-refractivity contribution in [1.82, 2.24) is 0 Å². The number of nitrogen functional groups attached to an aromatic ring is 1. The second-order valence-corrected chi connectivity index (χ2v) is 4.60. The third kappa shape index (κ3) is 2.50. The SMILES string of the molecule is CC1(Nc2ccc(N)cc2C(=O)O)CCOC1. The van der Waals surface area contributed by atoms with Gasteiger partial charge in [0.25, 0.3) is 0 Å². The lowest BCUT2D eigenvalue weighted by molar-refractivity contribution is 0.0698. The molecule has 1 aromatic carbocycles. The fourth-order valence-corrected chi connectivity index (χ4v) is 1.94. The van der Waals surface area contributed by atoms with Gasteiger partial charge in [-0.3, -0.25) is 0 Å². The van der Waals surface area contributed by atoms with Crippen LogP contribution < -0.4 is 11.1 Å². The van der Waals surface area contributed by atoms with Gasteiger partial charge in [-0.15, -0.1) is 0 Å². The molecule has 1 aliphatic heterocycles. The third-order valence-electron chi connectivity index (χ3n) is 2.93. The van der Waals surface area contributed by atoms with E-state index in [-0.39, 0.29) is 11.1 Å². The molecule has 0 radical (unpaired) electrons. The Labute approximate surface area is 99.6 Å². The molecule has 0 saturated carbocycles. The van der Waals surface area contributed by atoms with Crippen molar-refractivity contribution in [3.8, 4) is 0 Å². The van der Waals surface area contributed by atoms with Gasteiger partial charge in [-0.05, 0) is 31.5 Å². The Balaban J connectivity index is 2.28. The number of ether oxygens (including phenoxy) is 1. The predicted octanol–water partition coefficient (Wildman–Crippen LogP) is 1.56. The van der Waals surface area contributed by atoms with Gasteiger partial charge in [0, 0.05) is 18.0 Å². The first-order chi connectivity index (χ1) is 8.00. The fourth-order valence-electron chi connectivity index (χ4n) is 1.94. The topological polar surface area (TPSA) is 84.6 Å². The van der Waals surface area contributed by atoms with Crippen molar-refractivity contribution in [3.05, 3.63) is 23.8 Å². The summed E-state index contributed by atoms with van der Waals surface area (Å²) >= 11 is 0. The maximum atomic E-state index is 11.1. The standard InChI is InChI=1S/C12H16N2O3/c1-12(4-5-17-7-12)14-10-3-2-8(13)6-9(10)11(15)16/h2-3,6,14H,4-5,7,13H2,1H3,(H,15,16). The van der Waals surface area contributed by atoms with Crippen LogP contribution in [0, 0.1) is 0 Å². The molecule has 1 aliphatic rings. The quantitative estimate of drug-likeness (QED) is 0.693. The summed E-state index contributed by atoms with van der Waals surface area (Å²) in [6.07, 6.45) is 0.858. The Hall–Kier alpha value is -1.75. The smallest absolute Gasteiger partial charge is 0.337 e. The monoisotopic (exact) mass is 236 g/mol. The molecule has 5 heteroatoms. The fraction of sp³-hybridized carbons (Fsp3) is 0.417. The average molecular weight is 236 g/mol. The molecule has 0 aromatic heterocycles. The van der Waals surface area contributed by atoms with E-state index >= 15 is 0 Å². The van der Waals surface area contributed by atoms with E-state index in [0.717, 1.165) is 6.42 Å². The van der Waals surface area contributed by atoms with E-state index in [0.29, 0.717) is 24.6 Å². The Morgan fingerprint density at radius 3 is 2.94 bits per heavy atom. The van der Waals surface area contributed by atoms with Crippen LogP contribution in [-0.4, -0.2) is 29.8 Å². The Kier molecular flexibility index (Phi) is 2.93. The van der Waals surface area contributed by atoms with Gasteiger partial charge in [-0.2, -0.15) is 0 Å². The minimum Gasteiger partial charge on any atom is -0.478 e. The Morgan fingerprint density at radius 2 is 2.35 bits per heavy atom. The van der Waals surface area contributed by atoms with E-state index in [1.54, 1.807) is 12.1 Å². The average Bonchev–Trinajstić information content (AvgIpc) is 2.67. The van der Waals surface area contributed by atoms with Gasteiger partial charge >= 0.3 is 5.97 Å². The van der Waals surface area contributed by atoms with Gasteiger partial charge in [0.1, 0.15) is 0 Å². The number of hydrogen-bond acceptors (Lipinski definition) is 4. The number of carboxylic acid groups (broad SMARTS) is 1. The number of carboxylic acids is 1. The lowest BCUT2D eigenvalue weighted by atomic mass is 10.00. The molecule has 1 unspecified atom stereocenters. The van der Waals surface area contributed by atoms with Crippen molar-refractivity contribution in [2.24, 2.45) is 0 Å². The Bertz CT molecular complexity index is 439. The molecular formula is C12H16N2O3.